The van der Waals surface area contributed by atoms with Crippen LogP contribution in [0.1, 0.15) is 11.1 Å². The van der Waals surface area contributed by atoms with Crippen molar-refractivity contribution in [3.05, 3.63) is 58.7 Å². The largest absolute Gasteiger partial charge is 0.493 e. The van der Waals surface area contributed by atoms with E-state index in [-0.39, 0.29) is 0 Å². The van der Waals surface area contributed by atoms with Gasteiger partial charge in [-0.05, 0) is 42.9 Å². The van der Waals surface area contributed by atoms with Gasteiger partial charge in [-0.3, -0.25) is 5.43 Å². The van der Waals surface area contributed by atoms with Gasteiger partial charge in [0.25, 0.3) is 0 Å². The summed E-state index contributed by atoms with van der Waals surface area (Å²) < 4.78 is 10.5. The van der Waals surface area contributed by atoms with Crippen molar-refractivity contribution in [1.82, 2.24) is 10.4 Å². The summed E-state index contributed by atoms with van der Waals surface area (Å²) in [4.78, 5) is 4.45. The maximum atomic E-state index is 6.28. The second-order valence-electron chi connectivity index (χ2n) is 5.91. The SMILES string of the molecule is COc1ccc(NC(=S)N/N=C\c2cc3cccc(C)c3nc2Cl)cc1OC. The molecule has 0 fully saturated rings. The number of aromatic nitrogens is 1. The predicted molar refractivity (Wildman–Crippen MR) is 118 cm³/mol. The van der Waals surface area contributed by atoms with Crippen molar-refractivity contribution in [3.63, 3.8) is 0 Å². The Morgan fingerprint density at radius 2 is 1.93 bits per heavy atom. The van der Waals surface area contributed by atoms with Gasteiger partial charge in [0.15, 0.2) is 16.6 Å². The summed E-state index contributed by atoms with van der Waals surface area (Å²) in [6, 6.07) is 13.3. The highest BCUT2D eigenvalue weighted by molar-refractivity contribution is 7.80. The third kappa shape index (κ3) is 4.49. The number of nitrogens with zero attached hydrogens (tertiary/aromatic N) is 2. The van der Waals surface area contributed by atoms with Gasteiger partial charge >= 0.3 is 0 Å². The summed E-state index contributed by atoms with van der Waals surface area (Å²) in [7, 11) is 3.16. The van der Waals surface area contributed by atoms with Crippen LogP contribution in [-0.2, 0) is 0 Å². The van der Waals surface area contributed by atoms with Gasteiger partial charge in [0.05, 0.1) is 26.0 Å². The van der Waals surface area contributed by atoms with Crippen molar-refractivity contribution in [2.24, 2.45) is 5.10 Å². The predicted octanol–water partition coefficient (Wildman–Crippen LogP) is 4.53. The molecule has 0 aliphatic heterocycles. The molecule has 2 aromatic carbocycles. The number of hydrogen-bond acceptors (Lipinski definition) is 5. The van der Waals surface area contributed by atoms with E-state index >= 15 is 0 Å². The van der Waals surface area contributed by atoms with Crippen molar-refractivity contribution in [2.75, 3.05) is 19.5 Å². The molecule has 0 spiro atoms. The first kappa shape index (κ1) is 19.9. The van der Waals surface area contributed by atoms with Crippen LogP contribution in [0.3, 0.4) is 0 Å². The van der Waals surface area contributed by atoms with Gasteiger partial charge < -0.3 is 14.8 Å². The molecule has 0 saturated heterocycles. The molecule has 3 aromatic rings. The summed E-state index contributed by atoms with van der Waals surface area (Å²) in [6.45, 7) is 2.00. The molecule has 8 heteroatoms. The number of ether oxygens (including phenoxy) is 2. The van der Waals surface area contributed by atoms with Crippen LogP contribution in [0.15, 0.2) is 47.6 Å². The molecule has 144 valence electrons. The van der Waals surface area contributed by atoms with E-state index in [0.29, 0.717) is 27.3 Å². The summed E-state index contributed by atoms with van der Waals surface area (Å²) in [5.41, 5.74) is 6.15. The summed E-state index contributed by atoms with van der Waals surface area (Å²) in [5.74, 6) is 1.24. The smallest absolute Gasteiger partial charge is 0.191 e. The Morgan fingerprint density at radius 3 is 2.68 bits per heavy atom. The highest BCUT2D eigenvalue weighted by Gasteiger charge is 2.07. The Kier molecular flexibility index (Phi) is 6.28. The lowest BCUT2D eigenvalue weighted by Gasteiger charge is -2.11. The van der Waals surface area contributed by atoms with Gasteiger partial charge in [0.1, 0.15) is 5.15 Å². The number of pyridine rings is 1. The van der Waals surface area contributed by atoms with E-state index in [1.54, 1.807) is 32.6 Å². The van der Waals surface area contributed by atoms with Crippen LogP contribution in [0.4, 0.5) is 5.69 Å². The van der Waals surface area contributed by atoms with E-state index in [4.69, 9.17) is 33.3 Å². The van der Waals surface area contributed by atoms with Gasteiger partial charge in [-0.1, -0.05) is 29.8 Å². The van der Waals surface area contributed by atoms with E-state index in [9.17, 15) is 0 Å². The average molecular weight is 415 g/mol. The summed E-state index contributed by atoms with van der Waals surface area (Å²) in [5, 5.41) is 8.87. The van der Waals surface area contributed by atoms with Gasteiger partial charge in [-0.25, -0.2) is 4.98 Å². The number of anilines is 1. The third-order valence-corrected chi connectivity index (χ3v) is 4.54. The Bertz CT molecular complexity index is 1060. The number of halogens is 1. The molecule has 0 amide bonds. The molecule has 0 unspecified atom stereocenters. The van der Waals surface area contributed by atoms with Gasteiger partial charge in [-0.15, -0.1) is 0 Å². The molecule has 0 atom stereocenters. The molecule has 0 aliphatic rings. The van der Waals surface area contributed by atoms with Gasteiger partial charge in [0.2, 0.25) is 0 Å². The second-order valence-corrected chi connectivity index (χ2v) is 6.68. The molecular formula is C20H19ClN4O2S. The lowest BCUT2D eigenvalue weighted by Crippen LogP contribution is -2.23. The molecule has 1 heterocycles. The zero-order valence-electron chi connectivity index (χ0n) is 15.6. The minimum atomic E-state index is 0.323. The Hall–Kier alpha value is -2.90. The van der Waals surface area contributed by atoms with Crippen molar-refractivity contribution in [2.45, 2.75) is 6.92 Å². The van der Waals surface area contributed by atoms with Gasteiger partial charge in [0, 0.05) is 22.7 Å². The van der Waals surface area contributed by atoms with E-state index in [2.05, 4.69) is 20.8 Å². The van der Waals surface area contributed by atoms with Crippen molar-refractivity contribution >= 4 is 51.7 Å². The van der Waals surface area contributed by atoms with Gasteiger partial charge in [-0.2, -0.15) is 5.10 Å². The first-order chi connectivity index (χ1) is 13.5. The Morgan fingerprint density at radius 1 is 1.14 bits per heavy atom. The highest BCUT2D eigenvalue weighted by atomic mass is 35.5. The number of fused-ring (bicyclic) bond motifs is 1. The number of nitrogens with one attached hydrogen (secondary N) is 2. The lowest BCUT2D eigenvalue weighted by atomic mass is 10.1. The van der Waals surface area contributed by atoms with Crippen LogP contribution in [0, 0.1) is 6.92 Å². The highest BCUT2D eigenvalue weighted by Crippen LogP contribution is 2.29. The summed E-state index contributed by atoms with van der Waals surface area (Å²) >= 11 is 11.5. The molecule has 3 rings (SSSR count). The van der Waals surface area contributed by atoms with Crippen LogP contribution in [0.2, 0.25) is 5.15 Å². The Balaban J connectivity index is 1.68. The molecule has 2 N–H and O–H groups in total. The average Bonchev–Trinajstić information content (AvgIpc) is 2.69. The number of hydrogen-bond donors (Lipinski definition) is 2. The second kappa shape index (κ2) is 8.86. The molecule has 6 nitrogen and oxygen atoms in total. The van der Waals surface area contributed by atoms with Crippen LogP contribution in [0.5, 0.6) is 11.5 Å². The fourth-order valence-corrected chi connectivity index (χ4v) is 3.02. The first-order valence-electron chi connectivity index (χ1n) is 8.39. The number of para-hydroxylation sites is 1. The molecule has 0 bridgehead atoms. The maximum absolute atomic E-state index is 6.28. The first-order valence-corrected chi connectivity index (χ1v) is 9.18. The molecule has 0 aliphatic carbocycles. The molecule has 0 saturated carbocycles. The van der Waals surface area contributed by atoms with Crippen LogP contribution < -0.4 is 20.2 Å². The summed E-state index contributed by atoms with van der Waals surface area (Å²) in [6.07, 6.45) is 1.58. The molecule has 1 aromatic heterocycles. The number of hydrazone groups is 1. The van der Waals surface area contributed by atoms with E-state index in [1.807, 2.05) is 37.3 Å². The number of methoxy groups -OCH3 is 2. The lowest BCUT2D eigenvalue weighted by molar-refractivity contribution is 0.355. The van der Waals surface area contributed by atoms with E-state index in [1.165, 1.54) is 0 Å². The zero-order chi connectivity index (χ0) is 20.1. The zero-order valence-corrected chi connectivity index (χ0v) is 17.2. The number of aryl methyl sites for hydroxylation is 1. The quantitative estimate of drug-likeness (QED) is 0.276. The van der Waals surface area contributed by atoms with Crippen LogP contribution in [0.25, 0.3) is 10.9 Å². The molecule has 28 heavy (non-hydrogen) atoms. The number of benzene rings is 2. The fraction of sp³-hybridized carbons (Fsp3) is 0.150. The monoisotopic (exact) mass is 414 g/mol. The number of thiocarbonyl (C=S) groups is 1. The fourth-order valence-electron chi connectivity index (χ4n) is 2.66. The third-order valence-electron chi connectivity index (χ3n) is 4.04. The van der Waals surface area contributed by atoms with Crippen molar-refractivity contribution in [3.8, 4) is 11.5 Å². The van der Waals surface area contributed by atoms with E-state index < -0.39 is 0 Å². The minimum Gasteiger partial charge on any atom is -0.493 e. The van der Waals surface area contributed by atoms with Crippen LogP contribution >= 0.6 is 23.8 Å². The number of rotatable bonds is 5. The van der Waals surface area contributed by atoms with Crippen molar-refractivity contribution < 1.29 is 9.47 Å². The normalized spacial score (nSPS) is 10.9. The molecule has 0 radical (unpaired) electrons. The maximum Gasteiger partial charge on any atom is 0.191 e. The minimum absolute atomic E-state index is 0.323. The van der Waals surface area contributed by atoms with Crippen LogP contribution in [-0.4, -0.2) is 30.5 Å². The Labute approximate surface area is 173 Å². The van der Waals surface area contributed by atoms with E-state index in [0.717, 1.165) is 22.2 Å². The standard InChI is InChI=1S/C20H19ClN4O2S/c1-12-5-4-6-13-9-14(19(21)24-18(12)13)11-22-25-20(28)23-15-7-8-16(26-2)17(10-15)27-3/h4-11H,1-3H3,(H2,23,25,28)/b22-11-. The molecular weight excluding hydrogens is 396 g/mol. The topological polar surface area (TPSA) is 67.8 Å². The van der Waals surface area contributed by atoms with Crippen molar-refractivity contribution in [1.29, 1.82) is 0 Å².